The van der Waals surface area contributed by atoms with Gasteiger partial charge in [0.25, 0.3) is 0 Å². The lowest BCUT2D eigenvalue weighted by atomic mass is 9.97. The van der Waals surface area contributed by atoms with E-state index in [1.807, 2.05) is 12.3 Å². The third-order valence-electron chi connectivity index (χ3n) is 4.25. The van der Waals surface area contributed by atoms with Crippen LogP contribution in [0.1, 0.15) is 27.0 Å². The molecule has 0 saturated carbocycles. The normalized spacial score (nSPS) is 17.2. The maximum absolute atomic E-state index is 11.8. The van der Waals surface area contributed by atoms with Crippen LogP contribution in [0.25, 0.3) is 6.08 Å². The summed E-state index contributed by atoms with van der Waals surface area (Å²) >= 11 is 8.25. The van der Waals surface area contributed by atoms with Crippen LogP contribution in [-0.2, 0) is 21.7 Å². The van der Waals surface area contributed by atoms with Crippen molar-refractivity contribution >= 4 is 52.7 Å². The zero-order valence-corrected chi connectivity index (χ0v) is 16.3. The van der Waals surface area contributed by atoms with Gasteiger partial charge in [-0.3, -0.25) is 0 Å². The topological polar surface area (TPSA) is 64.3 Å². The lowest BCUT2D eigenvalue weighted by Crippen LogP contribution is -2.38. The smallest absolute Gasteiger partial charge is 0.333 e. The summed E-state index contributed by atoms with van der Waals surface area (Å²) in [5.41, 5.74) is 0.515. The molecule has 1 N–H and O–H groups in total. The summed E-state index contributed by atoms with van der Waals surface area (Å²) in [5.74, 6) is -0.282. The molecular formula is C17H18N2O3S3. The van der Waals surface area contributed by atoms with Gasteiger partial charge >= 0.3 is 5.97 Å². The Balaban J connectivity index is 1.99. The molecule has 0 fully saturated rings. The zero-order chi connectivity index (χ0) is 18.0. The minimum absolute atomic E-state index is 0.273. The maximum Gasteiger partial charge on any atom is 0.333 e. The summed E-state index contributed by atoms with van der Waals surface area (Å²) in [6.07, 6.45) is 10.2. The Morgan fingerprint density at radius 3 is 3.00 bits per heavy atom. The van der Waals surface area contributed by atoms with Crippen molar-refractivity contribution in [2.45, 2.75) is 23.8 Å². The van der Waals surface area contributed by atoms with Gasteiger partial charge in [-0.2, -0.15) is 11.8 Å². The first-order valence-corrected chi connectivity index (χ1v) is 10.2. The number of hydrogen-bond acceptors (Lipinski definition) is 7. The second-order valence-electron chi connectivity index (χ2n) is 5.69. The highest BCUT2D eigenvalue weighted by atomic mass is 32.2. The van der Waals surface area contributed by atoms with Crippen LogP contribution in [0.5, 0.6) is 0 Å². The van der Waals surface area contributed by atoms with E-state index in [2.05, 4.69) is 11.1 Å². The lowest BCUT2D eigenvalue weighted by molar-refractivity contribution is -0.136. The second-order valence-corrected chi connectivity index (χ2v) is 7.98. The molecule has 2 atom stereocenters. The molecule has 132 valence electrons. The van der Waals surface area contributed by atoms with E-state index in [-0.39, 0.29) is 11.2 Å². The summed E-state index contributed by atoms with van der Waals surface area (Å²) in [4.78, 5) is 17.8. The number of nitrogens with zero attached hydrogens (tertiary/aromatic N) is 2. The second kappa shape index (κ2) is 7.41. The summed E-state index contributed by atoms with van der Waals surface area (Å²) in [6, 6.07) is 2.10. The van der Waals surface area contributed by atoms with E-state index in [0.29, 0.717) is 12.0 Å². The highest BCUT2D eigenvalue weighted by Crippen LogP contribution is 2.45. The maximum atomic E-state index is 11.8. The molecule has 1 aliphatic carbocycles. The number of thioether (sulfide) groups is 1. The highest BCUT2D eigenvalue weighted by molar-refractivity contribution is 7.99. The van der Waals surface area contributed by atoms with Gasteiger partial charge in [0.05, 0.1) is 18.7 Å². The fourth-order valence-corrected chi connectivity index (χ4v) is 5.77. The van der Waals surface area contributed by atoms with Crippen LogP contribution < -0.4 is 0 Å². The first-order valence-electron chi connectivity index (χ1n) is 7.65. The summed E-state index contributed by atoms with van der Waals surface area (Å²) in [7, 11) is 1.40. The monoisotopic (exact) mass is 394 g/mol. The average molecular weight is 395 g/mol. The molecule has 0 aromatic carbocycles. The summed E-state index contributed by atoms with van der Waals surface area (Å²) in [6.45, 7) is 0. The fraction of sp³-hybridized carbons (Fsp3) is 0.353. The average Bonchev–Trinajstić information content (AvgIpc) is 3.30. The predicted molar refractivity (Wildman–Crippen MR) is 105 cm³/mol. The van der Waals surface area contributed by atoms with Gasteiger partial charge in [-0.1, -0.05) is 12.2 Å². The van der Waals surface area contributed by atoms with Gasteiger partial charge in [-0.05, 0) is 36.8 Å². The molecule has 0 saturated heterocycles. The van der Waals surface area contributed by atoms with E-state index >= 15 is 0 Å². The van der Waals surface area contributed by atoms with Gasteiger partial charge in [0.1, 0.15) is 0 Å². The largest absolute Gasteiger partial charge is 0.466 e. The van der Waals surface area contributed by atoms with Crippen molar-refractivity contribution in [3.05, 3.63) is 45.7 Å². The third kappa shape index (κ3) is 3.31. The van der Waals surface area contributed by atoms with Gasteiger partial charge < -0.3 is 14.4 Å². The van der Waals surface area contributed by atoms with Crippen molar-refractivity contribution in [1.82, 2.24) is 9.55 Å². The highest BCUT2D eigenvalue weighted by Gasteiger charge is 2.38. The molecule has 3 rings (SSSR count). The van der Waals surface area contributed by atoms with Crippen LogP contribution in [0.3, 0.4) is 0 Å². The Bertz CT molecular complexity index is 813. The summed E-state index contributed by atoms with van der Waals surface area (Å²) in [5, 5.41) is 12.3. The molecule has 2 aromatic heterocycles. The van der Waals surface area contributed by atoms with E-state index in [9.17, 15) is 9.90 Å². The number of esters is 1. The quantitative estimate of drug-likeness (QED) is 0.600. The number of rotatable bonds is 6. The van der Waals surface area contributed by atoms with Crippen molar-refractivity contribution in [3.8, 4) is 0 Å². The number of thiocarbonyl (C=S) groups is 1. The number of methoxy groups -OCH3 is 1. The van der Waals surface area contributed by atoms with Crippen molar-refractivity contribution in [2.24, 2.45) is 0 Å². The van der Waals surface area contributed by atoms with Crippen molar-refractivity contribution in [2.75, 3.05) is 13.4 Å². The van der Waals surface area contributed by atoms with Gasteiger partial charge in [0.15, 0.2) is 5.72 Å². The Morgan fingerprint density at radius 1 is 1.60 bits per heavy atom. The molecule has 2 heterocycles. The van der Waals surface area contributed by atoms with E-state index in [1.54, 1.807) is 34.6 Å². The van der Waals surface area contributed by atoms with Crippen molar-refractivity contribution in [3.63, 3.8) is 0 Å². The van der Waals surface area contributed by atoms with Crippen molar-refractivity contribution in [1.29, 1.82) is 0 Å². The molecule has 0 aliphatic heterocycles. The number of fused-ring (bicyclic) bond motifs is 1. The number of aliphatic hydroxyl groups is 1. The molecule has 2 unspecified atom stereocenters. The van der Waals surface area contributed by atoms with E-state index in [4.69, 9.17) is 17.0 Å². The van der Waals surface area contributed by atoms with Gasteiger partial charge in [0.2, 0.25) is 0 Å². The molecule has 0 spiro atoms. The Kier molecular flexibility index (Phi) is 5.43. The third-order valence-corrected chi connectivity index (χ3v) is 7.01. The number of aromatic nitrogens is 2. The minimum Gasteiger partial charge on any atom is -0.466 e. The summed E-state index contributed by atoms with van der Waals surface area (Å²) < 4.78 is 6.45. The van der Waals surface area contributed by atoms with Crippen molar-refractivity contribution < 1.29 is 14.6 Å². The first kappa shape index (κ1) is 18.3. The first-order chi connectivity index (χ1) is 12.0. The number of hydrogen-bond donors (Lipinski definition) is 1. The van der Waals surface area contributed by atoms with E-state index in [0.717, 1.165) is 16.2 Å². The fourth-order valence-electron chi connectivity index (χ4n) is 2.93. The van der Waals surface area contributed by atoms with Gasteiger partial charge in [-0.15, -0.1) is 11.3 Å². The van der Waals surface area contributed by atoms with E-state index in [1.165, 1.54) is 29.8 Å². The molecular weight excluding hydrogens is 376 g/mol. The minimum atomic E-state index is -1.35. The van der Waals surface area contributed by atoms with Crippen LogP contribution in [0.4, 0.5) is 0 Å². The molecule has 8 heteroatoms. The SMILES string of the molecule is COC(=O)C1=Cc2sc(C(SC)C(O)(C=S)n3ccnc3)cc2CC1. The van der Waals surface area contributed by atoms with Crippen LogP contribution in [0.15, 0.2) is 30.4 Å². The Labute approximate surface area is 159 Å². The number of thiophene rings is 1. The molecule has 2 aromatic rings. The molecule has 0 bridgehead atoms. The zero-order valence-electron chi connectivity index (χ0n) is 13.8. The Morgan fingerprint density at radius 2 is 2.40 bits per heavy atom. The van der Waals surface area contributed by atoms with Gasteiger partial charge in [0, 0.05) is 33.1 Å². The van der Waals surface area contributed by atoms with Crippen LogP contribution in [0.2, 0.25) is 0 Å². The number of aryl methyl sites for hydroxylation is 1. The number of ether oxygens (including phenoxy) is 1. The van der Waals surface area contributed by atoms with E-state index < -0.39 is 5.72 Å². The Hall–Kier alpha value is -1.48. The van der Waals surface area contributed by atoms with Crippen LogP contribution in [-0.4, -0.2) is 39.4 Å². The van der Waals surface area contributed by atoms with Crippen LogP contribution in [0, 0.1) is 0 Å². The number of carbonyl (C=O) groups excluding carboxylic acids is 1. The van der Waals surface area contributed by atoms with Gasteiger partial charge in [-0.25, -0.2) is 9.78 Å². The lowest BCUT2D eigenvalue weighted by Gasteiger charge is -2.32. The molecule has 1 aliphatic rings. The predicted octanol–water partition coefficient (Wildman–Crippen LogP) is 3.20. The molecule has 0 amide bonds. The standard InChI is InChI=1S/C17H18N2O3S3/c1-22-16(20)12-4-3-11-7-14(25-13(11)8-12)15(24-2)17(21,9-23)19-6-5-18-10-19/h5-10,15,21H,3-4H2,1-2H3. The van der Waals surface area contributed by atoms with Crippen LogP contribution >= 0.6 is 35.3 Å². The molecule has 25 heavy (non-hydrogen) atoms. The molecule has 5 nitrogen and oxygen atoms in total. The number of carbonyl (C=O) groups is 1. The molecule has 0 radical (unpaired) electrons. The number of imidazole rings is 1.